The van der Waals surface area contributed by atoms with Gasteiger partial charge in [-0.25, -0.2) is 0 Å². The molecule has 1 aromatic carbocycles. The summed E-state index contributed by atoms with van der Waals surface area (Å²) in [5.41, 5.74) is 0.768. The van der Waals surface area contributed by atoms with Gasteiger partial charge in [0.2, 0.25) is 6.39 Å². The first-order valence-electron chi connectivity index (χ1n) is 8.08. The van der Waals surface area contributed by atoms with Crippen LogP contribution in [0, 0.1) is 0 Å². The van der Waals surface area contributed by atoms with Crippen LogP contribution >= 0.6 is 0 Å². The summed E-state index contributed by atoms with van der Waals surface area (Å²) in [6, 6.07) is 3.46. The Hall–Kier alpha value is -2.83. The number of hydrogen-bond acceptors (Lipinski definition) is 6. The van der Waals surface area contributed by atoms with Gasteiger partial charge in [-0.2, -0.15) is 4.98 Å². The lowest BCUT2D eigenvalue weighted by Crippen LogP contribution is -2.51. The van der Waals surface area contributed by atoms with Crippen LogP contribution in [0.4, 0.5) is 0 Å². The predicted octanol–water partition coefficient (Wildman–Crippen LogP) is 2.62. The predicted molar refractivity (Wildman–Crippen MR) is 90.7 cm³/mol. The fourth-order valence-electron chi connectivity index (χ4n) is 3.09. The van der Waals surface area contributed by atoms with E-state index < -0.39 is 5.54 Å². The maximum Gasteiger partial charge on any atom is 0.252 e. The first-order chi connectivity index (χ1) is 12.1. The molecule has 1 saturated carbocycles. The maximum absolute atomic E-state index is 12.9. The third-order valence-electron chi connectivity index (χ3n) is 4.53. The third-order valence-corrected chi connectivity index (χ3v) is 4.53. The third kappa shape index (κ3) is 3.09. The van der Waals surface area contributed by atoms with Crippen LogP contribution < -0.4 is 14.8 Å². The molecule has 7 nitrogen and oxygen atoms in total. The Morgan fingerprint density at radius 1 is 1.40 bits per heavy atom. The molecule has 0 radical (unpaired) electrons. The normalized spacial score (nSPS) is 15.1. The summed E-state index contributed by atoms with van der Waals surface area (Å²) in [7, 11) is 3.12. The molecule has 0 spiro atoms. The topological polar surface area (TPSA) is 86.5 Å². The number of carbonyl (C=O) groups excluding carboxylic acids is 1. The SMILES string of the molecule is C=CCc1cc(C(=O)NC2(c3ncon3)CCC2)cc(OC)c1OC. The minimum atomic E-state index is -0.560. The Morgan fingerprint density at radius 3 is 2.72 bits per heavy atom. The molecule has 2 aromatic rings. The van der Waals surface area contributed by atoms with Crippen molar-refractivity contribution < 1.29 is 18.8 Å². The van der Waals surface area contributed by atoms with Crippen LogP contribution in [0.1, 0.15) is 41.0 Å². The van der Waals surface area contributed by atoms with Crippen LogP contribution in [0.25, 0.3) is 0 Å². The van der Waals surface area contributed by atoms with Gasteiger partial charge in [-0.05, 0) is 37.8 Å². The smallest absolute Gasteiger partial charge is 0.252 e. The van der Waals surface area contributed by atoms with E-state index in [4.69, 9.17) is 14.0 Å². The Bertz CT molecular complexity index is 767. The fourth-order valence-corrected chi connectivity index (χ4v) is 3.09. The highest BCUT2D eigenvalue weighted by Crippen LogP contribution is 2.40. The van der Waals surface area contributed by atoms with E-state index in [9.17, 15) is 4.79 Å². The maximum atomic E-state index is 12.9. The summed E-state index contributed by atoms with van der Waals surface area (Å²) >= 11 is 0. The summed E-state index contributed by atoms with van der Waals surface area (Å²) in [4.78, 5) is 17.0. The lowest BCUT2D eigenvalue weighted by atomic mass is 9.76. The van der Waals surface area contributed by atoms with Gasteiger partial charge in [0, 0.05) is 11.1 Å². The van der Waals surface area contributed by atoms with Crippen LogP contribution in [0.3, 0.4) is 0 Å². The zero-order chi connectivity index (χ0) is 17.9. The number of allylic oxidation sites excluding steroid dienone is 1. The van der Waals surface area contributed by atoms with Gasteiger partial charge in [-0.15, -0.1) is 6.58 Å². The van der Waals surface area contributed by atoms with Crippen molar-refractivity contribution in [2.45, 2.75) is 31.2 Å². The molecule has 1 N–H and O–H groups in total. The molecule has 0 saturated heterocycles. The molecule has 1 heterocycles. The van der Waals surface area contributed by atoms with Gasteiger partial charge in [0.25, 0.3) is 5.91 Å². The van der Waals surface area contributed by atoms with E-state index in [0.717, 1.165) is 24.8 Å². The largest absolute Gasteiger partial charge is 0.493 e. The van der Waals surface area contributed by atoms with Gasteiger partial charge in [0.15, 0.2) is 17.3 Å². The fraction of sp³-hybridized carbons (Fsp3) is 0.389. The van der Waals surface area contributed by atoms with Gasteiger partial charge in [-0.1, -0.05) is 11.2 Å². The number of aromatic nitrogens is 2. The number of amides is 1. The Labute approximate surface area is 146 Å². The molecule has 132 valence electrons. The van der Waals surface area contributed by atoms with Crippen molar-refractivity contribution in [1.82, 2.24) is 15.5 Å². The first kappa shape index (κ1) is 17.0. The van der Waals surface area contributed by atoms with Crippen molar-refractivity contribution >= 4 is 5.91 Å². The summed E-state index contributed by atoms with van der Waals surface area (Å²) in [5.74, 6) is 1.42. The van der Waals surface area contributed by atoms with Crippen molar-refractivity contribution in [1.29, 1.82) is 0 Å². The van der Waals surface area contributed by atoms with Crippen LogP contribution in [0.2, 0.25) is 0 Å². The van der Waals surface area contributed by atoms with Gasteiger partial charge in [-0.3, -0.25) is 4.79 Å². The summed E-state index contributed by atoms with van der Waals surface area (Å²) in [6.45, 7) is 3.75. The average Bonchev–Trinajstić information content (AvgIpc) is 3.12. The van der Waals surface area contributed by atoms with Crippen LogP contribution in [0.5, 0.6) is 11.5 Å². The number of hydrogen-bond donors (Lipinski definition) is 1. The zero-order valence-electron chi connectivity index (χ0n) is 14.4. The second-order valence-electron chi connectivity index (χ2n) is 6.01. The monoisotopic (exact) mass is 343 g/mol. The molecule has 0 aliphatic heterocycles. The number of benzene rings is 1. The van der Waals surface area contributed by atoms with E-state index in [1.54, 1.807) is 32.4 Å². The quantitative estimate of drug-likeness (QED) is 0.778. The van der Waals surface area contributed by atoms with Crippen molar-refractivity contribution in [2.24, 2.45) is 0 Å². The Balaban J connectivity index is 1.91. The molecule has 0 unspecified atom stereocenters. The molecule has 1 fully saturated rings. The lowest BCUT2D eigenvalue weighted by Gasteiger charge is -2.39. The highest BCUT2D eigenvalue weighted by atomic mass is 16.5. The van der Waals surface area contributed by atoms with Crippen molar-refractivity contribution in [3.63, 3.8) is 0 Å². The minimum absolute atomic E-state index is 0.212. The van der Waals surface area contributed by atoms with Crippen LogP contribution in [-0.4, -0.2) is 30.3 Å². The highest BCUT2D eigenvalue weighted by Gasteiger charge is 2.44. The van der Waals surface area contributed by atoms with Crippen LogP contribution in [0.15, 0.2) is 35.7 Å². The van der Waals surface area contributed by atoms with Crippen LogP contribution in [-0.2, 0) is 12.0 Å². The lowest BCUT2D eigenvalue weighted by molar-refractivity contribution is 0.0804. The summed E-state index contributed by atoms with van der Waals surface area (Å²) < 4.78 is 15.6. The van der Waals surface area contributed by atoms with Gasteiger partial charge in [0.1, 0.15) is 5.54 Å². The van der Waals surface area contributed by atoms with E-state index in [1.807, 2.05) is 0 Å². The van der Waals surface area contributed by atoms with Gasteiger partial charge >= 0.3 is 0 Å². The Kier molecular flexibility index (Phi) is 4.74. The molecule has 3 rings (SSSR count). The molecule has 1 aliphatic rings. The Morgan fingerprint density at radius 2 is 2.20 bits per heavy atom. The van der Waals surface area contributed by atoms with E-state index in [-0.39, 0.29) is 5.91 Å². The number of ether oxygens (including phenoxy) is 2. The minimum Gasteiger partial charge on any atom is -0.493 e. The van der Waals surface area contributed by atoms with E-state index in [0.29, 0.717) is 29.3 Å². The second kappa shape index (κ2) is 6.96. The average molecular weight is 343 g/mol. The number of nitrogens with one attached hydrogen (secondary N) is 1. The van der Waals surface area contributed by atoms with E-state index in [2.05, 4.69) is 22.0 Å². The molecular formula is C18H21N3O4. The number of nitrogens with zero attached hydrogens (tertiary/aromatic N) is 2. The molecular weight excluding hydrogens is 322 g/mol. The standard InChI is InChI=1S/C18H21N3O4/c1-4-6-12-9-13(10-14(23-2)15(12)24-3)16(22)20-18(7-5-8-18)17-19-11-25-21-17/h4,9-11H,1,5-8H2,2-3H3,(H,20,22). The van der Waals surface area contributed by atoms with Gasteiger partial charge < -0.3 is 19.3 Å². The number of rotatable bonds is 7. The number of carbonyl (C=O) groups is 1. The van der Waals surface area contributed by atoms with E-state index in [1.165, 1.54) is 6.39 Å². The van der Waals surface area contributed by atoms with E-state index >= 15 is 0 Å². The molecule has 0 bridgehead atoms. The van der Waals surface area contributed by atoms with Gasteiger partial charge in [0.05, 0.1) is 14.2 Å². The molecule has 25 heavy (non-hydrogen) atoms. The zero-order valence-corrected chi connectivity index (χ0v) is 14.4. The molecule has 1 aliphatic carbocycles. The molecule has 0 atom stereocenters. The first-order valence-corrected chi connectivity index (χ1v) is 8.08. The molecule has 1 amide bonds. The molecule has 1 aromatic heterocycles. The summed E-state index contributed by atoms with van der Waals surface area (Å²) in [6.07, 6.45) is 6.17. The van der Waals surface area contributed by atoms with Crippen molar-refractivity contribution in [2.75, 3.05) is 14.2 Å². The number of methoxy groups -OCH3 is 2. The second-order valence-corrected chi connectivity index (χ2v) is 6.01. The summed E-state index contributed by atoms with van der Waals surface area (Å²) in [5, 5.41) is 6.97. The molecule has 7 heteroatoms. The van der Waals surface area contributed by atoms with Crippen molar-refractivity contribution in [3.05, 3.63) is 48.1 Å². The van der Waals surface area contributed by atoms with Crippen molar-refractivity contribution in [3.8, 4) is 11.5 Å². The highest BCUT2D eigenvalue weighted by molar-refractivity contribution is 5.96.